The van der Waals surface area contributed by atoms with Gasteiger partial charge in [0.2, 0.25) is 0 Å². The van der Waals surface area contributed by atoms with Gasteiger partial charge < -0.3 is 11.1 Å². The molecular formula is C14H22N2S. The molecule has 1 aliphatic carbocycles. The summed E-state index contributed by atoms with van der Waals surface area (Å²) < 4.78 is 0.417. The van der Waals surface area contributed by atoms with E-state index in [1.165, 1.54) is 32.1 Å². The number of hydrogen-bond donors (Lipinski definition) is 2. The second-order valence-electron chi connectivity index (χ2n) is 4.89. The highest BCUT2D eigenvalue weighted by atomic mass is 32.2. The van der Waals surface area contributed by atoms with E-state index >= 15 is 0 Å². The number of anilines is 2. The molecule has 0 saturated heterocycles. The van der Waals surface area contributed by atoms with Gasteiger partial charge in [-0.2, -0.15) is 11.8 Å². The van der Waals surface area contributed by atoms with Crippen LogP contribution < -0.4 is 11.1 Å². The maximum atomic E-state index is 5.95. The normalized spacial score (nSPS) is 18.9. The number of nitrogen functional groups attached to an aromatic ring is 1. The van der Waals surface area contributed by atoms with Crippen LogP contribution in [-0.4, -0.2) is 17.5 Å². The lowest BCUT2D eigenvalue weighted by atomic mass is 9.88. The summed E-state index contributed by atoms with van der Waals surface area (Å²) in [5.74, 6) is 0. The van der Waals surface area contributed by atoms with Crippen molar-refractivity contribution in [2.75, 3.05) is 23.9 Å². The van der Waals surface area contributed by atoms with E-state index in [1.54, 1.807) is 0 Å². The zero-order valence-corrected chi connectivity index (χ0v) is 11.4. The molecule has 1 fully saturated rings. The first kappa shape index (κ1) is 12.6. The quantitative estimate of drug-likeness (QED) is 0.799. The highest BCUT2D eigenvalue weighted by Gasteiger charge is 2.30. The number of nitrogens with two attached hydrogens (primary N) is 1. The van der Waals surface area contributed by atoms with Crippen LogP contribution in [-0.2, 0) is 0 Å². The first-order chi connectivity index (χ1) is 8.26. The summed E-state index contributed by atoms with van der Waals surface area (Å²) in [4.78, 5) is 0. The molecule has 0 aromatic heterocycles. The van der Waals surface area contributed by atoms with E-state index in [0.29, 0.717) is 4.75 Å². The minimum Gasteiger partial charge on any atom is -0.397 e. The Kier molecular flexibility index (Phi) is 4.21. The standard InChI is InChI=1S/C14H22N2S/c1-17-14(9-5-2-6-10-14)11-16-13-8-4-3-7-12(13)15/h3-4,7-8,16H,2,5-6,9-11,15H2,1H3. The third-order valence-corrected chi connectivity index (χ3v) is 5.18. The maximum Gasteiger partial charge on any atom is 0.0574 e. The number of benzene rings is 1. The first-order valence-corrected chi connectivity index (χ1v) is 7.62. The molecule has 1 aromatic carbocycles. The van der Waals surface area contributed by atoms with Crippen LogP contribution in [0.3, 0.4) is 0 Å². The molecule has 94 valence electrons. The maximum absolute atomic E-state index is 5.95. The zero-order chi connectivity index (χ0) is 12.1. The SMILES string of the molecule is CSC1(CNc2ccccc2N)CCCCC1. The van der Waals surface area contributed by atoms with Gasteiger partial charge in [0, 0.05) is 11.3 Å². The summed E-state index contributed by atoms with van der Waals surface area (Å²) in [6.07, 6.45) is 9.03. The van der Waals surface area contributed by atoms with Gasteiger partial charge in [-0.3, -0.25) is 0 Å². The summed E-state index contributed by atoms with van der Waals surface area (Å²) in [5, 5.41) is 3.53. The minimum absolute atomic E-state index is 0.417. The van der Waals surface area contributed by atoms with Gasteiger partial charge in [-0.25, -0.2) is 0 Å². The second kappa shape index (κ2) is 5.67. The first-order valence-electron chi connectivity index (χ1n) is 6.39. The fraction of sp³-hybridized carbons (Fsp3) is 0.571. The summed E-state index contributed by atoms with van der Waals surface area (Å²) in [7, 11) is 0. The Morgan fingerprint density at radius 1 is 1.24 bits per heavy atom. The topological polar surface area (TPSA) is 38.0 Å². The van der Waals surface area contributed by atoms with Crippen LogP contribution >= 0.6 is 11.8 Å². The molecule has 1 aliphatic rings. The number of thioether (sulfide) groups is 1. The summed E-state index contributed by atoms with van der Waals surface area (Å²) in [5.41, 5.74) is 7.87. The molecule has 0 atom stereocenters. The molecule has 0 spiro atoms. The number of nitrogens with one attached hydrogen (secondary N) is 1. The summed E-state index contributed by atoms with van der Waals surface area (Å²) in [6.45, 7) is 1.03. The average Bonchev–Trinajstić information content (AvgIpc) is 2.39. The van der Waals surface area contributed by atoms with Crippen molar-refractivity contribution in [3.63, 3.8) is 0 Å². The molecule has 1 aromatic rings. The smallest absolute Gasteiger partial charge is 0.0574 e. The van der Waals surface area contributed by atoms with Crippen LogP contribution in [0.4, 0.5) is 11.4 Å². The molecule has 2 rings (SSSR count). The summed E-state index contributed by atoms with van der Waals surface area (Å²) in [6, 6.07) is 8.03. The highest BCUT2D eigenvalue weighted by Crippen LogP contribution is 2.38. The van der Waals surface area contributed by atoms with Crippen molar-refractivity contribution in [1.29, 1.82) is 0 Å². The van der Waals surface area contributed by atoms with Crippen LogP contribution in [0.1, 0.15) is 32.1 Å². The number of rotatable bonds is 4. The fourth-order valence-corrected chi connectivity index (χ4v) is 3.48. The molecule has 0 aliphatic heterocycles. The van der Waals surface area contributed by atoms with Crippen LogP contribution in [0.5, 0.6) is 0 Å². The van der Waals surface area contributed by atoms with Crippen molar-refractivity contribution in [3.05, 3.63) is 24.3 Å². The van der Waals surface area contributed by atoms with Crippen molar-refractivity contribution in [1.82, 2.24) is 0 Å². The Bertz CT molecular complexity index is 359. The molecule has 0 bridgehead atoms. The van der Waals surface area contributed by atoms with Crippen LogP contribution in [0.25, 0.3) is 0 Å². The second-order valence-corrected chi connectivity index (χ2v) is 6.16. The molecule has 0 unspecified atom stereocenters. The van der Waals surface area contributed by atoms with Crippen LogP contribution in [0, 0.1) is 0 Å². The lowest BCUT2D eigenvalue weighted by Crippen LogP contribution is -2.35. The predicted octanol–water partition coefficient (Wildman–Crippen LogP) is 3.75. The molecular weight excluding hydrogens is 228 g/mol. The summed E-state index contributed by atoms with van der Waals surface area (Å²) >= 11 is 2.01. The highest BCUT2D eigenvalue weighted by molar-refractivity contribution is 8.00. The Labute approximate surface area is 108 Å². The van der Waals surface area contributed by atoms with Crippen LogP contribution in [0.15, 0.2) is 24.3 Å². The van der Waals surface area contributed by atoms with E-state index in [1.807, 2.05) is 30.0 Å². The molecule has 3 heteroatoms. The minimum atomic E-state index is 0.417. The zero-order valence-electron chi connectivity index (χ0n) is 10.5. The van der Waals surface area contributed by atoms with E-state index in [9.17, 15) is 0 Å². The lowest BCUT2D eigenvalue weighted by molar-refractivity contribution is 0.411. The van der Waals surface area contributed by atoms with E-state index in [2.05, 4.69) is 17.6 Å². The Balaban J connectivity index is 1.98. The van der Waals surface area contributed by atoms with E-state index in [-0.39, 0.29) is 0 Å². The van der Waals surface area contributed by atoms with Gasteiger partial charge in [0.15, 0.2) is 0 Å². The third-order valence-electron chi connectivity index (χ3n) is 3.76. The Morgan fingerprint density at radius 2 is 1.94 bits per heavy atom. The van der Waals surface area contributed by atoms with E-state index < -0.39 is 0 Å². The van der Waals surface area contributed by atoms with Gasteiger partial charge in [0.25, 0.3) is 0 Å². The van der Waals surface area contributed by atoms with Gasteiger partial charge in [-0.15, -0.1) is 0 Å². The fourth-order valence-electron chi connectivity index (χ4n) is 2.56. The number of para-hydroxylation sites is 2. The van der Waals surface area contributed by atoms with E-state index in [0.717, 1.165) is 17.9 Å². The monoisotopic (exact) mass is 250 g/mol. The van der Waals surface area contributed by atoms with Crippen molar-refractivity contribution in [2.45, 2.75) is 36.9 Å². The predicted molar refractivity (Wildman–Crippen MR) is 78.7 cm³/mol. The van der Waals surface area contributed by atoms with Gasteiger partial charge in [-0.05, 0) is 31.2 Å². The van der Waals surface area contributed by atoms with Crippen molar-refractivity contribution in [2.24, 2.45) is 0 Å². The molecule has 0 amide bonds. The Morgan fingerprint density at radius 3 is 2.59 bits per heavy atom. The molecule has 3 N–H and O–H groups in total. The average molecular weight is 250 g/mol. The third kappa shape index (κ3) is 3.09. The van der Waals surface area contributed by atoms with Crippen molar-refractivity contribution in [3.8, 4) is 0 Å². The van der Waals surface area contributed by atoms with Crippen LogP contribution in [0.2, 0.25) is 0 Å². The van der Waals surface area contributed by atoms with Gasteiger partial charge >= 0.3 is 0 Å². The van der Waals surface area contributed by atoms with Gasteiger partial charge in [0.05, 0.1) is 11.4 Å². The molecule has 0 radical (unpaired) electrons. The van der Waals surface area contributed by atoms with Crippen molar-refractivity contribution < 1.29 is 0 Å². The molecule has 1 saturated carbocycles. The van der Waals surface area contributed by atoms with E-state index in [4.69, 9.17) is 5.73 Å². The van der Waals surface area contributed by atoms with Gasteiger partial charge in [0.1, 0.15) is 0 Å². The largest absolute Gasteiger partial charge is 0.397 e. The number of hydrogen-bond acceptors (Lipinski definition) is 3. The van der Waals surface area contributed by atoms with Gasteiger partial charge in [-0.1, -0.05) is 31.4 Å². The Hall–Kier alpha value is -0.830. The van der Waals surface area contributed by atoms with Crippen molar-refractivity contribution >= 4 is 23.1 Å². The molecule has 2 nitrogen and oxygen atoms in total. The molecule has 0 heterocycles. The lowest BCUT2D eigenvalue weighted by Gasteiger charge is -2.36. The molecule has 17 heavy (non-hydrogen) atoms.